The lowest BCUT2D eigenvalue weighted by molar-refractivity contribution is 0.362. The van der Waals surface area contributed by atoms with Gasteiger partial charge in [0.2, 0.25) is 0 Å². The Balaban J connectivity index is 2.79. The lowest BCUT2D eigenvalue weighted by atomic mass is 10.6. The molecule has 0 aliphatic heterocycles. The van der Waals surface area contributed by atoms with Gasteiger partial charge in [0.15, 0.2) is 5.65 Å². The van der Waals surface area contributed by atoms with Crippen molar-refractivity contribution in [2.45, 2.75) is 0 Å². The zero-order valence-electron chi connectivity index (χ0n) is 6.27. The Bertz CT molecular complexity index is 489. The number of hydrogen-bond donors (Lipinski definition) is 2. The summed E-state index contributed by atoms with van der Waals surface area (Å²) in [5, 5.41) is 0. The molecule has 2 aromatic heterocycles. The van der Waals surface area contributed by atoms with Crippen LogP contribution in [-0.2, 0) is 4.57 Å². The minimum absolute atomic E-state index is 0.128. The fourth-order valence-corrected chi connectivity index (χ4v) is 1.53. The van der Waals surface area contributed by atoms with E-state index >= 15 is 0 Å². The lowest BCUT2D eigenvalue weighted by Crippen LogP contribution is -1.94. The van der Waals surface area contributed by atoms with Crippen molar-refractivity contribution in [2.24, 2.45) is 0 Å². The van der Waals surface area contributed by atoms with Crippen LogP contribution in [-0.4, -0.2) is 29.1 Å². The third kappa shape index (κ3) is 1.33. The van der Waals surface area contributed by atoms with Crippen LogP contribution in [0, 0.1) is 0 Å². The van der Waals surface area contributed by atoms with E-state index in [-0.39, 0.29) is 5.65 Å². The molecule has 0 saturated heterocycles. The van der Waals surface area contributed by atoms with E-state index in [1.807, 2.05) is 0 Å². The molecule has 7 nitrogen and oxygen atoms in total. The van der Waals surface area contributed by atoms with E-state index in [9.17, 15) is 4.57 Å². The summed E-state index contributed by atoms with van der Waals surface area (Å²) in [5.41, 5.74) is 0.481. The van der Waals surface area contributed by atoms with E-state index in [1.54, 1.807) is 0 Å². The van der Waals surface area contributed by atoms with Crippen molar-refractivity contribution in [3.8, 4) is 0 Å². The average molecular weight is 200 g/mol. The predicted molar refractivity (Wildman–Crippen MR) is 42.8 cm³/mol. The normalized spacial score (nSPS) is 12.2. The summed E-state index contributed by atoms with van der Waals surface area (Å²) in [6.45, 7) is 0. The van der Waals surface area contributed by atoms with Gasteiger partial charge < -0.3 is 9.79 Å². The third-order valence-electron chi connectivity index (χ3n) is 1.48. The highest BCUT2D eigenvalue weighted by Gasteiger charge is 2.19. The molecule has 0 atom stereocenters. The van der Waals surface area contributed by atoms with Gasteiger partial charge in [-0.1, -0.05) is 0 Å². The van der Waals surface area contributed by atoms with E-state index in [4.69, 9.17) is 9.79 Å². The second-order valence-corrected chi connectivity index (χ2v) is 3.79. The molecule has 0 aliphatic rings. The van der Waals surface area contributed by atoms with Gasteiger partial charge in [-0.2, -0.15) is 0 Å². The molecule has 0 aliphatic carbocycles. The Kier molecular flexibility index (Phi) is 1.66. The summed E-state index contributed by atoms with van der Waals surface area (Å²) < 4.78 is 11.6. The monoisotopic (exact) mass is 200 g/mol. The van der Waals surface area contributed by atoms with E-state index < -0.39 is 7.75 Å². The standard InChI is InChI=1S/C5H5N4O3P/c10-13(11,12)9-3-8-4-1-6-2-7-5(4)9/h1-3H,(H2,10,11,12). The van der Waals surface area contributed by atoms with Crippen molar-refractivity contribution in [3.05, 3.63) is 18.9 Å². The van der Waals surface area contributed by atoms with Crippen LogP contribution in [0.15, 0.2) is 18.9 Å². The molecule has 0 amide bonds. The van der Waals surface area contributed by atoms with Gasteiger partial charge in [-0.3, -0.25) is 0 Å². The molecular formula is C5H5N4O3P. The number of rotatable bonds is 1. The molecule has 0 spiro atoms. The number of fused-ring (bicyclic) bond motifs is 1. The summed E-state index contributed by atoms with van der Waals surface area (Å²) >= 11 is 0. The van der Waals surface area contributed by atoms with Crippen LogP contribution in [0.1, 0.15) is 0 Å². The maximum Gasteiger partial charge on any atom is 0.436 e. The first-order valence-corrected chi connectivity index (χ1v) is 4.85. The molecule has 2 rings (SSSR count). The van der Waals surface area contributed by atoms with Gasteiger partial charge in [-0.05, 0) is 0 Å². The Labute approximate surface area is 72.3 Å². The quantitative estimate of drug-likeness (QED) is 0.616. The van der Waals surface area contributed by atoms with Crippen LogP contribution in [0.3, 0.4) is 0 Å². The van der Waals surface area contributed by atoms with Crippen LogP contribution >= 0.6 is 7.75 Å². The SMILES string of the molecule is O=P(O)(O)n1cnc2cncnc21. The lowest BCUT2D eigenvalue weighted by Gasteiger charge is -2.03. The van der Waals surface area contributed by atoms with E-state index in [1.165, 1.54) is 12.5 Å². The minimum Gasteiger partial charge on any atom is -0.308 e. The van der Waals surface area contributed by atoms with Gasteiger partial charge >= 0.3 is 7.75 Å². The first-order valence-electron chi connectivity index (χ1n) is 3.28. The molecule has 13 heavy (non-hydrogen) atoms. The first kappa shape index (κ1) is 8.31. The van der Waals surface area contributed by atoms with Gasteiger partial charge in [0.1, 0.15) is 18.2 Å². The van der Waals surface area contributed by atoms with E-state index in [0.717, 1.165) is 6.33 Å². The molecule has 0 saturated carbocycles. The summed E-state index contributed by atoms with van der Waals surface area (Å²) in [5.74, 6) is 0. The number of nitrogens with zero attached hydrogens (tertiary/aromatic N) is 4. The number of imidazole rings is 1. The van der Waals surface area contributed by atoms with E-state index in [2.05, 4.69) is 15.0 Å². The average Bonchev–Trinajstić information content (AvgIpc) is 2.45. The summed E-state index contributed by atoms with van der Waals surface area (Å²) in [4.78, 5) is 28.8. The van der Waals surface area contributed by atoms with Crippen molar-refractivity contribution in [3.63, 3.8) is 0 Å². The van der Waals surface area contributed by atoms with Crippen molar-refractivity contribution < 1.29 is 14.4 Å². The van der Waals surface area contributed by atoms with Crippen LogP contribution in [0.4, 0.5) is 0 Å². The topological polar surface area (TPSA) is 101 Å². The molecule has 0 radical (unpaired) electrons. The fourth-order valence-electron chi connectivity index (χ4n) is 0.946. The molecular weight excluding hydrogens is 195 g/mol. The van der Waals surface area contributed by atoms with Crippen LogP contribution in [0.5, 0.6) is 0 Å². The molecule has 0 unspecified atom stereocenters. The first-order chi connectivity index (χ1) is 6.09. The smallest absolute Gasteiger partial charge is 0.308 e. The van der Waals surface area contributed by atoms with Crippen molar-refractivity contribution in [1.82, 2.24) is 19.3 Å². The number of hydrogen-bond acceptors (Lipinski definition) is 4. The third-order valence-corrected chi connectivity index (χ3v) is 2.33. The van der Waals surface area contributed by atoms with Crippen LogP contribution < -0.4 is 0 Å². The van der Waals surface area contributed by atoms with Gasteiger partial charge in [0, 0.05) is 0 Å². The highest BCUT2D eigenvalue weighted by Crippen LogP contribution is 2.38. The highest BCUT2D eigenvalue weighted by molar-refractivity contribution is 7.50. The molecule has 0 aromatic carbocycles. The van der Waals surface area contributed by atoms with E-state index in [0.29, 0.717) is 9.85 Å². The summed E-state index contributed by atoms with van der Waals surface area (Å²) in [7, 11) is -4.35. The van der Waals surface area contributed by atoms with Gasteiger partial charge in [-0.15, -0.1) is 0 Å². The van der Waals surface area contributed by atoms with Crippen molar-refractivity contribution in [1.29, 1.82) is 0 Å². The molecule has 2 aromatic rings. The summed E-state index contributed by atoms with van der Waals surface area (Å²) in [6.07, 6.45) is 3.63. The Morgan fingerprint density at radius 1 is 1.38 bits per heavy atom. The molecule has 2 heterocycles. The molecule has 0 fully saturated rings. The van der Waals surface area contributed by atoms with Crippen molar-refractivity contribution in [2.75, 3.05) is 0 Å². The molecule has 0 bridgehead atoms. The molecule has 68 valence electrons. The maximum atomic E-state index is 10.9. The Hall–Kier alpha value is -1.30. The molecule has 2 N–H and O–H groups in total. The van der Waals surface area contributed by atoms with Crippen LogP contribution in [0.25, 0.3) is 11.2 Å². The van der Waals surface area contributed by atoms with Gasteiger partial charge in [-0.25, -0.2) is 23.9 Å². The second kappa shape index (κ2) is 2.59. The highest BCUT2D eigenvalue weighted by atomic mass is 31.2. The largest absolute Gasteiger partial charge is 0.436 e. The Morgan fingerprint density at radius 2 is 2.15 bits per heavy atom. The zero-order chi connectivity index (χ0) is 9.47. The summed E-state index contributed by atoms with van der Waals surface area (Å²) in [6, 6.07) is 0. The van der Waals surface area contributed by atoms with Gasteiger partial charge in [0.25, 0.3) is 0 Å². The zero-order valence-corrected chi connectivity index (χ0v) is 7.17. The second-order valence-electron chi connectivity index (χ2n) is 2.33. The van der Waals surface area contributed by atoms with Crippen molar-refractivity contribution >= 4 is 18.9 Å². The predicted octanol–water partition coefficient (Wildman–Crippen LogP) is -0.233. The minimum atomic E-state index is -4.35. The Morgan fingerprint density at radius 3 is 2.85 bits per heavy atom. The fraction of sp³-hybridized carbons (Fsp3) is 0. The van der Waals surface area contributed by atoms with Crippen LogP contribution in [0.2, 0.25) is 0 Å². The number of aromatic nitrogens is 4. The maximum absolute atomic E-state index is 10.9. The van der Waals surface area contributed by atoms with Gasteiger partial charge in [0.05, 0.1) is 6.20 Å². The molecule has 8 heteroatoms.